The van der Waals surface area contributed by atoms with Crippen LogP contribution < -0.4 is 4.90 Å². The van der Waals surface area contributed by atoms with Crippen LogP contribution in [0, 0.1) is 0 Å². The van der Waals surface area contributed by atoms with Gasteiger partial charge in [0.1, 0.15) is 6.04 Å². The average Bonchev–Trinajstić information content (AvgIpc) is 2.97. The van der Waals surface area contributed by atoms with Crippen LogP contribution in [0.25, 0.3) is 0 Å². The molecule has 3 atom stereocenters. The van der Waals surface area contributed by atoms with Crippen LogP contribution in [0.2, 0.25) is 0 Å². The maximum absolute atomic E-state index is 2.43. The molecule has 1 nitrogen and oxygen atoms in total. The summed E-state index contributed by atoms with van der Waals surface area (Å²) in [5.41, 5.74) is 4.78. The molecule has 4 rings (SSSR count). The van der Waals surface area contributed by atoms with Crippen molar-refractivity contribution in [2.75, 3.05) is 13.1 Å². The summed E-state index contributed by atoms with van der Waals surface area (Å²) in [6, 6.07) is 21.0. The molecule has 0 saturated carbocycles. The minimum atomic E-state index is 0.161. The molecule has 0 aliphatic carbocycles. The van der Waals surface area contributed by atoms with Crippen molar-refractivity contribution in [3.8, 4) is 0 Å². The Morgan fingerprint density at radius 3 is 2.60 bits per heavy atom. The van der Waals surface area contributed by atoms with Gasteiger partial charge in [-0.2, -0.15) is 0 Å². The van der Waals surface area contributed by atoms with E-state index in [4.69, 9.17) is 0 Å². The molecule has 102 valence electrons. The Balaban J connectivity index is 1.91. The maximum atomic E-state index is 2.43. The summed E-state index contributed by atoms with van der Waals surface area (Å²) in [5, 5.41) is 0. The van der Waals surface area contributed by atoms with Gasteiger partial charge in [0.25, 0.3) is 0 Å². The van der Waals surface area contributed by atoms with E-state index in [-0.39, 0.29) is 5.41 Å². The van der Waals surface area contributed by atoms with E-state index in [0.29, 0.717) is 0 Å². The van der Waals surface area contributed by atoms with Crippen molar-refractivity contribution in [3.05, 3.63) is 71.3 Å². The van der Waals surface area contributed by atoms with Gasteiger partial charge in [0.15, 0.2) is 0 Å². The van der Waals surface area contributed by atoms with Crippen LogP contribution in [0.5, 0.6) is 0 Å². The second-order valence-electron chi connectivity index (χ2n) is 6.57. The number of quaternary nitrogens is 1. The van der Waals surface area contributed by atoms with E-state index in [1.165, 1.54) is 31.5 Å². The first-order chi connectivity index (χ1) is 9.79. The molecule has 2 aliphatic heterocycles. The molecule has 1 unspecified atom stereocenters. The van der Waals surface area contributed by atoms with Crippen LogP contribution in [-0.2, 0) is 5.41 Å². The first kappa shape index (κ1) is 12.2. The van der Waals surface area contributed by atoms with Crippen LogP contribution in [0.1, 0.15) is 42.5 Å². The maximum Gasteiger partial charge on any atom is 0.114 e. The third-order valence-electron chi connectivity index (χ3n) is 5.41. The summed E-state index contributed by atoms with van der Waals surface area (Å²) in [6.07, 6.45) is 2.73. The lowest BCUT2D eigenvalue weighted by atomic mass is 9.70. The summed E-state index contributed by atoms with van der Waals surface area (Å²) >= 11 is 0. The normalized spacial score (nSPS) is 31.6. The lowest BCUT2D eigenvalue weighted by molar-refractivity contribution is -0.924. The molecule has 1 fully saturated rings. The van der Waals surface area contributed by atoms with Gasteiger partial charge in [-0.05, 0) is 18.1 Å². The predicted molar refractivity (Wildman–Crippen MR) is 82.0 cm³/mol. The fraction of sp³-hybridized carbons (Fsp3) is 0.368. The van der Waals surface area contributed by atoms with Crippen molar-refractivity contribution >= 4 is 0 Å². The SMILES string of the molecule is C[C@@]1(c2ccccc2)C[NH+]2CCC[C@H]2c2ccccc21. The molecule has 0 amide bonds. The first-order valence-electron chi connectivity index (χ1n) is 7.78. The Kier molecular flexibility index (Phi) is 2.71. The van der Waals surface area contributed by atoms with E-state index < -0.39 is 0 Å². The van der Waals surface area contributed by atoms with E-state index >= 15 is 0 Å². The van der Waals surface area contributed by atoms with Crippen molar-refractivity contribution in [2.24, 2.45) is 0 Å². The number of hydrogen-bond acceptors (Lipinski definition) is 0. The van der Waals surface area contributed by atoms with E-state index in [1.54, 1.807) is 16.0 Å². The highest BCUT2D eigenvalue weighted by Gasteiger charge is 2.46. The van der Waals surface area contributed by atoms with Crippen LogP contribution in [-0.4, -0.2) is 13.1 Å². The zero-order valence-corrected chi connectivity index (χ0v) is 12.1. The molecule has 2 aromatic carbocycles. The Morgan fingerprint density at radius 2 is 1.75 bits per heavy atom. The third kappa shape index (κ3) is 1.66. The van der Waals surface area contributed by atoms with Crippen LogP contribution >= 0.6 is 0 Å². The Bertz CT molecular complexity index is 619. The lowest BCUT2D eigenvalue weighted by Crippen LogP contribution is -3.13. The van der Waals surface area contributed by atoms with Gasteiger partial charge in [0.2, 0.25) is 0 Å². The summed E-state index contributed by atoms with van der Waals surface area (Å²) < 4.78 is 0. The fourth-order valence-corrected chi connectivity index (χ4v) is 4.41. The molecule has 1 saturated heterocycles. The molecular weight excluding hydrogens is 242 g/mol. The molecular formula is C19H22N+. The quantitative estimate of drug-likeness (QED) is 0.808. The minimum absolute atomic E-state index is 0.161. The summed E-state index contributed by atoms with van der Waals surface area (Å²) in [6.45, 7) is 5.00. The Labute approximate surface area is 121 Å². The number of rotatable bonds is 1. The summed E-state index contributed by atoms with van der Waals surface area (Å²) in [4.78, 5) is 1.79. The van der Waals surface area contributed by atoms with Crippen molar-refractivity contribution in [3.63, 3.8) is 0 Å². The standard InChI is InChI=1S/C19H21N/c1-19(15-8-3-2-4-9-15)14-20-13-7-12-18(20)16-10-5-6-11-17(16)19/h2-6,8-11,18H,7,12-14H2,1H3/p+1/t18-,19-/m0/s1. The topological polar surface area (TPSA) is 4.44 Å². The van der Waals surface area contributed by atoms with Gasteiger partial charge in [-0.1, -0.05) is 54.6 Å². The molecule has 1 heteroatoms. The molecule has 1 N–H and O–H groups in total. The smallest absolute Gasteiger partial charge is 0.114 e. The van der Waals surface area contributed by atoms with Crippen molar-refractivity contribution in [2.45, 2.75) is 31.2 Å². The molecule has 0 bridgehead atoms. The molecule has 0 radical (unpaired) electrons. The third-order valence-corrected chi connectivity index (χ3v) is 5.41. The molecule has 2 aromatic rings. The highest BCUT2D eigenvalue weighted by atomic mass is 15.2. The monoisotopic (exact) mass is 264 g/mol. The zero-order chi connectivity index (χ0) is 13.6. The van der Waals surface area contributed by atoms with Crippen molar-refractivity contribution < 1.29 is 4.90 Å². The summed E-state index contributed by atoms with van der Waals surface area (Å²) in [7, 11) is 0. The zero-order valence-electron chi connectivity index (χ0n) is 12.1. The second-order valence-corrected chi connectivity index (χ2v) is 6.57. The highest BCUT2D eigenvalue weighted by molar-refractivity contribution is 5.45. The number of nitrogens with one attached hydrogen (secondary N) is 1. The van der Waals surface area contributed by atoms with Gasteiger partial charge in [0, 0.05) is 18.4 Å². The number of fused-ring (bicyclic) bond motifs is 3. The highest BCUT2D eigenvalue weighted by Crippen LogP contribution is 2.39. The molecule has 20 heavy (non-hydrogen) atoms. The van der Waals surface area contributed by atoms with Gasteiger partial charge in [-0.3, -0.25) is 0 Å². The Hall–Kier alpha value is -1.60. The molecule has 0 spiro atoms. The predicted octanol–water partition coefficient (Wildman–Crippen LogP) is 2.73. The number of hydrogen-bond donors (Lipinski definition) is 1. The van der Waals surface area contributed by atoms with Gasteiger partial charge in [-0.25, -0.2) is 0 Å². The lowest BCUT2D eigenvalue weighted by Gasteiger charge is -2.41. The summed E-state index contributed by atoms with van der Waals surface area (Å²) in [5.74, 6) is 0. The van der Waals surface area contributed by atoms with Gasteiger partial charge in [0.05, 0.1) is 18.5 Å². The van der Waals surface area contributed by atoms with Crippen LogP contribution in [0.3, 0.4) is 0 Å². The van der Waals surface area contributed by atoms with Gasteiger partial charge < -0.3 is 4.90 Å². The van der Waals surface area contributed by atoms with Gasteiger partial charge in [-0.15, -0.1) is 0 Å². The van der Waals surface area contributed by atoms with Crippen molar-refractivity contribution in [1.29, 1.82) is 0 Å². The molecule has 2 heterocycles. The van der Waals surface area contributed by atoms with Crippen molar-refractivity contribution in [1.82, 2.24) is 0 Å². The van der Waals surface area contributed by atoms with E-state index in [0.717, 1.165) is 6.04 Å². The minimum Gasteiger partial charge on any atom is -0.328 e. The molecule has 2 aliphatic rings. The molecule has 0 aromatic heterocycles. The Morgan fingerprint density at radius 1 is 1.00 bits per heavy atom. The van der Waals surface area contributed by atoms with Gasteiger partial charge >= 0.3 is 0 Å². The van der Waals surface area contributed by atoms with Crippen LogP contribution in [0.15, 0.2) is 54.6 Å². The first-order valence-corrected chi connectivity index (χ1v) is 7.78. The second kappa shape index (κ2) is 4.46. The van der Waals surface area contributed by atoms with E-state index in [9.17, 15) is 0 Å². The number of benzene rings is 2. The largest absolute Gasteiger partial charge is 0.328 e. The average molecular weight is 264 g/mol. The van der Waals surface area contributed by atoms with E-state index in [2.05, 4.69) is 61.5 Å². The van der Waals surface area contributed by atoms with E-state index in [1.807, 2.05) is 0 Å². The fourth-order valence-electron chi connectivity index (χ4n) is 4.41. The van der Waals surface area contributed by atoms with Crippen LogP contribution in [0.4, 0.5) is 0 Å².